The molecular formula is C45H45ClN4O15. The molecule has 2 heterocycles. The lowest BCUT2D eigenvalue weighted by Crippen LogP contribution is -2.71. The molecule has 2 aliphatic rings. The van der Waals surface area contributed by atoms with E-state index in [1.54, 1.807) is 30.3 Å². The SMILES string of the molecule is CC(=O)Oc1cccc(C(=O)NCCCCN(CC(=O)C[C@@H](C(=O)N[C@@H]2C(=O)N3C(C(=O)O)=C(Cl)CC[C@H]23)c2ccccc2)C(=O)c2cccc(OC(C)=O)c2OC(C)=O)c1OC(C)=O. The number of ether oxygens (including phenoxy) is 4. The number of nitrogens with zero attached hydrogens (tertiary/aromatic N) is 2. The number of carboxylic acid groups (broad SMARTS) is 1. The van der Waals surface area contributed by atoms with E-state index in [-0.39, 0.29) is 83.6 Å². The average Bonchev–Trinajstić information content (AvgIpc) is 3.24. The number of hydrogen-bond donors (Lipinski definition) is 3. The topological polar surface area (TPSA) is 258 Å². The van der Waals surface area contributed by atoms with Crippen molar-refractivity contribution in [1.29, 1.82) is 0 Å². The molecule has 0 spiro atoms. The van der Waals surface area contributed by atoms with E-state index < -0.39 is 90.2 Å². The molecule has 0 aromatic heterocycles. The van der Waals surface area contributed by atoms with E-state index in [1.165, 1.54) is 36.4 Å². The highest BCUT2D eigenvalue weighted by atomic mass is 35.5. The Kier molecular flexibility index (Phi) is 16.3. The molecule has 3 aromatic carbocycles. The van der Waals surface area contributed by atoms with Crippen LogP contribution >= 0.6 is 11.6 Å². The summed E-state index contributed by atoms with van der Waals surface area (Å²) in [6, 6.07) is 14.6. The van der Waals surface area contributed by atoms with Gasteiger partial charge in [-0.2, -0.15) is 0 Å². The number of Topliss-reactive ketones (excluding diaryl/α,β-unsaturated/α-hetero) is 1. The van der Waals surface area contributed by atoms with Crippen LogP contribution in [0.3, 0.4) is 0 Å². The minimum atomic E-state index is -1.38. The first-order valence-corrected chi connectivity index (χ1v) is 20.6. The second-order valence-corrected chi connectivity index (χ2v) is 15.4. The van der Waals surface area contributed by atoms with Gasteiger partial charge in [-0.05, 0) is 55.5 Å². The lowest BCUT2D eigenvalue weighted by molar-refractivity contribution is -0.156. The number of aliphatic carboxylic acids is 1. The molecule has 19 nitrogen and oxygen atoms in total. The van der Waals surface area contributed by atoms with Crippen molar-refractivity contribution >= 4 is 70.9 Å². The average molecular weight is 917 g/mol. The molecule has 342 valence electrons. The number of halogens is 1. The molecule has 0 bridgehead atoms. The van der Waals surface area contributed by atoms with Crippen molar-refractivity contribution in [2.24, 2.45) is 0 Å². The number of fused-ring (bicyclic) bond motifs is 1. The summed E-state index contributed by atoms with van der Waals surface area (Å²) in [4.78, 5) is 131. The molecule has 3 aromatic rings. The molecule has 5 rings (SSSR count). The van der Waals surface area contributed by atoms with Crippen LogP contribution in [-0.2, 0) is 38.4 Å². The van der Waals surface area contributed by atoms with Crippen LogP contribution in [0.2, 0.25) is 0 Å². The smallest absolute Gasteiger partial charge is 0.353 e. The van der Waals surface area contributed by atoms with Crippen molar-refractivity contribution in [3.63, 3.8) is 0 Å². The van der Waals surface area contributed by atoms with E-state index in [1.807, 2.05) is 0 Å². The molecule has 20 heteroatoms. The Morgan fingerprint density at radius 2 is 1.34 bits per heavy atom. The number of carbonyl (C=O) groups is 10. The van der Waals surface area contributed by atoms with E-state index in [0.29, 0.717) is 5.56 Å². The summed E-state index contributed by atoms with van der Waals surface area (Å²) in [6.45, 7) is 3.72. The van der Waals surface area contributed by atoms with Crippen LogP contribution in [0.1, 0.15) is 92.0 Å². The molecule has 3 N–H and O–H groups in total. The third-order valence-electron chi connectivity index (χ3n) is 10.1. The molecule has 3 atom stereocenters. The number of allylic oxidation sites excluding steroid dienone is 1. The third-order valence-corrected chi connectivity index (χ3v) is 10.4. The van der Waals surface area contributed by atoms with E-state index in [4.69, 9.17) is 30.5 Å². The van der Waals surface area contributed by atoms with Gasteiger partial charge in [0.05, 0.1) is 29.6 Å². The van der Waals surface area contributed by atoms with E-state index in [0.717, 1.165) is 37.5 Å². The molecule has 1 saturated heterocycles. The largest absolute Gasteiger partial charge is 0.477 e. The number of benzene rings is 3. The van der Waals surface area contributed by atoms with Crippen LogP contribution in [-0.4, -0.2) is 106 Å². The summed E-state index contributed by atoms with van der Waals surface area (Å²) in [5.41, 5.74) is -0.281. The first-order chi connectivity index (χ1) is 30.9. The highest BCUT2D eigenvalue weighted by molar-refractivity contribution is 6.32. The number of esters is 4. The Balaban J connectivity index is 1.36. The molecule has 1 fully saturated rings. The lowest BCUT2D eigenvalue weighted by atomic mass is 9.85. The molecule has 65 heavy (non-hydrogen) atoms. The highest BCUT2D eigenvalue weighted by Crippen LogP contribution is 2.39. The Hall–Kier alpha value is -7.41. The molecule has 4 amide bonds. The standard InChI is InChI=1S/C45H45ClN4O15/c1-24(51)62-35-16-10-14-30(39(35)64-26(3)53)41(56)47-20-8-9-21-49(43(58)31-15-11-17-36(63-25(2)52)40(31)65-27(4)54)23-29(55)22-32(28-12-6-5-7-13-28)42(57)48-37-34-19-18-33(46)38(45(60)61)50(34)44(37)59/h5-7,10-17,32,34,37H,8-9,18-23H2,1-4H3,(H,47,56)(H,48,57)(H,60,61)/t32-,34-,37+/m1/s1. The van der Waals surface area contributed by atoms with Gasteiger partial charge in [0.15, 0.2) is 28.8 Å². The van der Waals surface area contributed by atoms with Gasteiger partial charge in [0, 0.05) is 52.2 Å². The molecule has 0 radical (unpaired) electrons. The summed E-state index contributed by atoms with van der Waals surface area (Å²) in [5, 5.41) is 15.1. The van der Waals surface area contributed by atoms with E-state index in [9.17, 15) is 53.1 Å². The van der Waals surface area contributed by atoms with Crippen molar-refractivity contribution in [1.82, 2.24) is 20.4 Å². The van der Waals surface area contributed by atoms with Crippen LogP contribution in [0.15, 0.2) is 77.5 Å². The van der Waals surface area contributed by atoms with Gasteiger partial charge in [0.25, 0.3) is 17.7 Å². The molecular weight excluding hydrogens is 872 g/mol. The predicted octanol–water partition coefficient (Wildman–Crippen LogP) is 3.81. The van der Waals surface area contributed by atoms with E-state index in [2.05, 4.69) is 10.6 Å². The minimum Gasteiger partial charge on any atom is -0.477 e. The number of unbranched alkanes of at least 4 members (excludes halogenated alkanes) is 1. The summed E-state index contributed by atoms with van der Waals surface area (Å²) >= 11 is 6.13. The Morgan fingerprint density at radius 1 is 0.769 bits per heavy atom. The zero-order valence-electron chi connectivity index (χ0n) is 35.7. The second-order valence-electron chi connectivity index (χ2n) is 14.9. The third kappa shape index (κ3) is 12.2. The quantitative estimate of drug-likeness (QED) is 0.0669. The zero-order chi connectivity index (χ0) is 47.5. The number of amides is 4. The van der Waals surface area contributed by atoms with Gasteiger partial charge in [-0.1, -0.05) is 54.1 Å². The van der Waals surface area contributed by atoms with Crippen molar-refractivity contribution < 1.29 is 72.0 Å². The number of carbonyl (C=O) groups excluding carboxylic acids is 9. The number of nitrogens with one attached hydrogen (secondary N) is 2. The van der Waals surface area contributed by atoms with Crippen molar-refractivity contribution in [3.8, 4) is 23.0 Å². The van der Waals surface area contributed by atoms with Gasteiger partial charge >= 0.3 is 29.8 Å². The van der Waals surface area contributed by atoms with Crippen LogP contribution in [0.5, 0.6) is 23.0 Å². The van der Waals surface area contributed by atoms with Gasteiger partial charge in [-0.3, -0.25) is 48.1 Å². The number of ketones is 1. The maximum absolute atomic E-state index is 14.4. The maximum atomic E-state index is 14.4. The molecule has 0 saturated carbocycles. The van der Waals surface area contributed by atoms with E-state index >= 15 is 0 Å². The number of carboxylic acids is 1. The first-order valence-electron chi connectivity index (χ1n) is 20.3. The Morgan fingerprint density at radius 3 is 1.91 bits per heavy atom. The Labute approximate surface area is 376 Å². The van der Waals surface area contributed by atoms with Crippen LogP contribution in [0.4, 0.5) is 0 Å². The van der Waals surface area contributed by atoms with Gasteiger partial charge in [0.2, 0.25) is 5.91 Å². The van der Waals surface area contributed by atoms with Crippen molar-refractivity contribution in [2.45, 2.75) is 77.8 Å². The summed E-state index contributed by atoms with van der Waals surface area (Å²) < 4.78 is 20.8. The first kappa shape index (κ1) is 48.6. The molecule has 0 unspecified atom stereocenters. The van der Waals surface area contributed by atoms with Crippen molar-refractivity contribution in [3.05, 3.63) is 94.1 Å². The number of β-lactam (4-membered cyclic amide) rings is 1. The van der Waals surface area contributed by atoms with Crippen molar-refractivity contribution in [2.75, 3.05) is 19.6 Å². The zero-order valence-corrected chi connectivity index (χ0v) is 36.4. The normalized spacial score (nSPS) is 15.6. The monoisotopic (exact) mass is 916 g/mol. The highest BCUT2D eigenvalue weighted by Gasteiger charge is 2.53. The van der Waals surface area contributed by atoms with Gasteiger partial charge in [0.1, 0.15) is 11.7 Å². The number of hydrogen-bond acceptors (Lipinski definition) is 14. The second kappa shape index (κ2) is 21.8. The minimum absolute atomic E-state index is 0.0112. The van der Waals surface area contributed by atoms with Gasteiger partial charge < -0.3 is 39.6 Å². The maximum Gasteiger partial charge on any atom is 0.353 e. The lowest BCUT2D eigenvalue weighted by Gasteiger charge is -2.49. The predicted molar refractivity (Wildman–Crippen MR) is 227 cm³/mol. The summed E-state index contributed by atoms with van der Waals surface area (Å²) in [5.74, 6) is -10.2. The fourth-order valence-electron chi connectivity index (χ4n) is 7.32. The van der Waals surface area contributed by atoms with Gasteiger partial charge in [-0.15, -0.1) is 0 Å². The Bertz CT molecular complexity index is 2450. The molecule has 0 aliphatic carbocycles. The summed E-state index contributed by atoms with van der Waals surface area (Å²) in [7, 11) is 0. The van der Waals surface area contributed by atoms with Gasteiger partial charge in [-0.25, -0.2) is 4.79 Å². The fourth-order valence-corrected chi connectivity index (χ4v) is 7.60. The van der Waals surface area contributed by atoms with Crippen LogP contribution in [0, 0.1) is 0 Å². The van der Waals surface area contributed by atoms with Crippen LogP contribution in [0.25, 0.3) is 0 Å². The number of para-hydroxylation sites is 2. The summed E-state index contributed by atoms with van der Waals surface area (Å²) in [6.07, 6.45) is 0.379. The molecule has 2 aliphatic heterocycles. The fraction of sp³-hybridized carbons (Fsp3) is 0.333. The number of rotatable bonds is 19. The van der Waals surface area contributed by atoms with Crippen LogP contribution < -0.4 is 29.6 Å².